The van der Waals surface area contributed by atoms with Gasteiger partial charge in [-0.2, -0.15) is 10.5 Å². The van der Waals surface area contributed by atoms with E-state index in [4.69, 9.17) is 10.5 Å². The van der Waals surface area contributed by atoms with E-state index in [9.17, 15) is 22.0 Å². The first-order valence-corrected chi connectivity index (χ1v) is 9.46. The van der Waals surface area contributed by atoms with E-state index in [1.54, 1.807) is 12.1 Å². The fraction of sp³-hybridized carbons (Fsp3) is 0.0500. The molecule has 28 heavy (non-hydrogen) atoms. The maximum atomic E-state index is 13.7. The van der Waals surface area contributed by atoms with E-state index in [0.717, 1.165) is 30.4 Å². The molecule has 0 saturated carbocycles. The standard InChI is InChI=1S/C20H12F2N2O3S/c21-19-9-14(11-23)1-3-16(19)5-6-18(25)13-28(26,27)8-7-17-4-2-15(12-24)10-20(17)22/h1-10H,13H2/b6-5+,8-7+. The number of sulfone groups is 1. The molecule has 0 amide bonds. The highest BCUT2D eigenvalue weighted by Gasteiger charge is 2.12. The van der Waals surface area contributed by atoms with Gasteiger partial charge in [-0.1, -0.05) is 12.1 Å². The molecule has 0 bridgehead atoms. The molecule has 0 atom stereocenters. The quantitative estimate of drug-likeness (QED) is 0.695. The van der Waals surface area contributed by atoms with Crippen LogP contribution in [0.15, 0.2) is 47.9 Å². The molecule has 2 aromatic rings. The van der Waals surface area contributed by atoms with E-state index in [1.165, 1.54) is 24.3 Å². The van der Waals surface area contributed by atoms with Crippen molar-refractivity contribution in [3.8, 4) is 12.1 Å². The van der Waals surface area contributed by atoms with Crippen molar-refractivity contribution in [1.29, 1.82) is 10.5 Å². The number of nitrogens with zero attached hydrogens (tertiary/aromatic N) is 2. The SMILES string of the molecule is N#Cc1ccc(/C=C/C(=O)CS(=O)(=O)/C=C/c2ccc(C#N)cc2F)c(F)c1. The molecule has 0 unspecified atom stereocenters. The number of hydrogen-bond donors (Lipinski definition) is 0. The zero-order valence-corrected chi connectivity index (χ0v) is 15.1. The van der Waals surface area contributed by atoms with Gasteiger partial charge in [0.05, 0.1) is 23.3 Å². The van der Waals surface area contributed by atoms with Crippen molar-refractivity contribution in [2.75, 3.05) is 5.75 Å². The first-order valence-electron chi connectivity index (χ1n) is 7.75. The zero-order chi connectivity index (χ0) is 20.7. The minimum absolute atomic E-state index is 0.0277. The summed E-state index contributed by atoms with van der Waals surface area (Å²) in [5.74, 6) is -3.17. The summed E-state index contributed by atoms with van der Waals surface area (Å²) in [6.45, 7) is 0. The van der Waals surface area contributed by atoms with Crippen LogP contribution in [0, 0.1) is 34.3 Å². The molecule has 2 aromatic carbocycles. The summed E-state index contributed by atoms with van der Waals surface area (Å²) < 4.78 is 51.4. The Kier molecular flexibility index (Phi) is 6.54. The maximum Gasteiger partial charge on any atom is 0.179 e. The third-order valence-electron chi connectivity index (χ3n) is 3.51. The van der Waals surface area contributed by atoms with Crippen LogP contribution in [-0.2, 0) is 14.6 Å². The molecule has 0 saturated heterocycles. The largest absolute Gasteiger partial charge is 0.294 e. The van der Waals surface area contributed by atoms with Gasteiger partial charge in [-0.25, -0.2) is 17.2 Å². The molecular weight excluding hydrogens is 386 g/mol. The summed E-state index contributed by atoms with van der Waals surface area (Å²) in [5.41, 5.74) is 0.182. The van der Waals surface area contributed by atoms with Gasteiger partial charge in [0.15, 0.2) is 15.6 Å². The van der Waals surface area contributed by atoms with Gasteiger partial charge >= 0.3 is 0 Å². The number of hydrogen-bond acceptors (Lipinski definition) is 5. The Bertz CT molecular complexity index is 1170. The van der Waals surface area contributed by atoms with Crippen molar-refractivity contribution in [3.63, 3.8) is 0 Å². The molecule has 0 fully saturated rings. The fourth-order valence-electron chi connectivity index (χ4n) is 2.12. The van der Waals surface area contributed by atoms with Crippen LogP contribution in [0.5, 0.6) is 0 Å². The normalized spacial score (nSPS) is 11.4. The van der Waals surface area contributed by atoms with Crippen molar-refractivity contribution in [3.05, 3.63) is 81.8 Å². The molecule has 0 spiro atoms. The predicted octanol–water partition coefficient (Wildman–Crippen LogP) is 3.38. The molecule has 0 heterocycles. The third kappa shape index (κ3) is 5.70. The Hall–Kier alpha value is -3.62. The number of benzene rings is 2. The number of carbonyl (C=O) groups is 1. The summed E-state index contributed by atoms with van der Waals surface area (Å²) in [4.78, 5) is 11.8. The number of halogens is 2. The molecule has 5 nitrogen and oxygen atoms in total. The molecule has 0 N–H and O–H groups in total. The lowest BCUT2D eigenvalue weighted by Crippen LogP contribution is -2.11. The Morgan fingerprint density at radius 1 is 0.929 bits per heavy atom. The summed E-state index contributed by atoms with van der Waals surface area (Å²) in [5, 5.41) is 18.1. The number of carbonyl (C=O) groups excluding carboxylic acids is 1. The van der Waals surface area contributed by atoms with Crippen LogP contribution in [0.2, 0.25) is 0 Å². The second-order valence-electron chi connectivity index (χ2n) is 5.61. The average molecular weight is 398 g/mol. The number of allylic oxidation sites excluding steroid dienone is 1. The number of nitriles is 2. The summed E-state index contributed by atoms with van der Waals surface area (Å²) in [7, 11) is -3.99. The van der Waals surface area contributed by atoms with Gasteiger partial charge in [0.1, 0.15) is 17.4 Å². The summed E-state index contributed by atoms with van der Waals surface area (Å²) in [6, 6.07) is 10.7. The molecule has 0 aromatic heterocycles. The molecule has 140 valence electrons. The van der Waals surface area contributed by atoms with Crippen LogP contribution in [0.25, 0.3) is 12.2 Å². The van der Waals surface area contributed by atoms with E-state index in [-0.39, 0.29) is 22.3 Å². The van der Waals surface area contributed by atoms with E-state index in [0.29, 0.717) is 5.41 Å². The Morgan fingerprint density at radius 2 is 1.43 bits per heavy atom. The van der Waals surface area contributed by atoms with Crippen LogP contribution in [0.3, 0.4) is 0 Å². The molecule has 0 aliphatic heterocycles. The monoisotopic (exact) mass is 398 g/mol. The van der Waals surface area contributed by atoms with Gasteiger partial charge in [-0.15, -0.1) is 0 Å². The Morgan fingerprint density at radius 3 is 1.89 bits per heavy atom. The molecule has 2 rings (SSSR count). The van der Waals surface area contributed by atoms with E-state index in [2.05, 4.69) is 0 Å². The van der Waals surface area contributed by atoms with Crippen LogP contribution in [0.1, 0.15) is 22.3 Å². The van der Waals surface area contributed by atoms with Crippen LogP contribution < -0.4 is 0 Å². The fourth-order valence-corrected chi connectivity index (χ4v) is 3.06. The van der Waals surface area contributed by atoms with E-state index >= 15 is 0 Å². The van der Waals surface area contributed by atoms with Gasteiger partial charge in [-0.05, 0) is 42.5 Å². The molecule has 0 aliphatic rings. The maximum absolute atomic E-state index is 13.7. The minimum Gasteiger partial charge on any atom is -0.294 e. The van der Waals surface area contributed by atoms with E-state index < -0.39 is 33.0 Å². The highest BCUT2D eigenvalue weighted by molar-refractivity contribution is 7.95. The lowest BCUT2D eigenvalue weighted by molar-refractivity contribution is -0.112. The van der Waals surface area contributed by atoms with Gasteiger partial charge < -0.3 is 0 Å². The summed E-state index contributed by atoms with van der Waals surface area (Å²) in [6.07, 6.45) is 3.01. The second-order valence-corrected chi connectivity index (χ2v) is 7.49. The molecule has 0 aliphatic carbocycles. The Labute approximate surface area is 160 Å². The zero-order valence-electron chi connectivity index (χ0n) is 14.3. The second kappa shape index (κ2) is 8.85. The van der Waals surface area contributed by atoms with Crippen LogP contribution in [0.4, 0.5) is 8.78 Å². The first-order chi connectivity index (χ1) is 13.2. The minimum atomic E-state index is -3.99. The van der Waals surface area contributed by atoms with Gasteiger partial charge in [0.25, 0.3) is 0 Å². The van der Waals surface area contributed by atoms with Crippen LogP contribution >= 0.6 is 0 Å². The molecule has 8 heteroatoms. The third-order valence-corrected chi connectivity index (χ3v) is 4.74. The first kappa shape index (κ1) is 20.7. The lowest BCUT2D eigenvalue weighted by atomic mass is 10.1. The lowest BCUT2D eigenvalue weighted by Gasteiger charge is -1.99. The highest BCUT2D eigenvalue weighted by Crippen LogP contribution is 2.14. The van der Waals surface area contributed by atoms with Crippen LogP contribution in [-0.4, -0.2) is 20.0 Å². The number of ketones is 1. The number of rotatable bonds is 6. The predicted molar refractivity (Wildman–Crippen MR) is 99.1 cm³/mol. The van der Waals surface area contributed by atoms with E-state index in [1.807, 2.05) is 0 Å². The molecular formula is C20H12F2N2O3S. The van der Waals surface area contributed by atoms with Crippen molar-refractivity contribution >= 4 is 27.8 Å². The van der Waals surface area contributed by atoms with Gasteiger partial charge in [0, 0.05) is 16.5 Å². The topological polar surface area (TPSA) is 98.8 Å². The van der Waals surface area contributed by atoms with Crippen molar-refractivity contribution in [2.24, 2.45) is 0 Å². The smallest absolute Gasteiger partial charge is 0.179 e. The average Bonchev–Trinajstić information content (AvgIpc) is 2.65. The van der Waals surface area contributed by atoms with Gasteiger partial charge in [-0.3, -0.25) is 4.79 Å². The summed E-state index contributed by atoms with van der Waals surface area (Å²) >= 11 is 0. The van der Waals surface area contributed by atoms with Gasteiger partial charge in [0.2, 0.25) is 0 Å². The Balaban J connectivity index is 2.08. The van der Waals surface area contributed by atoms with Crippen molar-refractivity contribution in [2.45, 2.75) is 0 Å². The van der Waals surface area contributed by atoms with Crippen molar-refractivity contribution in [1.82, 2.24) is 0 Å². The highest BCUT2D eigenvalue weighted by atomic mass is 32.2. The molecule has 0 radical (unpaired) electrons. The van der Waals surface area contributed by atoms with Crippen molar-refractivity contribution < 1.29 is 22.0 Å².